The van der Waals surface area contributed by atoms with Crippen LogP contribution in [0.3, 0.4) is 0 Å². The summed E-state index contributed by atoms with van der Waals surface area (Å²) in [6.45, 7) is 0. The summed E-state index contributed by atoms with van der Waals surface area (Å²) >= 11 is 0. The molecule has 0 atom stereocenters. The number of carbonyl (C=O) groups is 3. The minimum absolute atomic E-state index is 0.0197. The number of hydrogen-bond acceptors (Lipinski definition) is 4. The van der Waals surface area contributed by atoms with Crippen LogP contribution in [0, 0.1) is 0 Å². The molecule has 0 spiro atoms. The Hall–Kier alpha value is -3.15. The number of nitrogens with zero attached hydrogens (tertiary/aromatic N) is 1. The van der Waals surface area contributed by atoms with Gasteiger partial charge >= 0.3 is 5.97 Å². The van der Waals surface area contributed by atoms with Crippen LogP contribution in [0.15, 0.2) is 42.5 Å². The van der Waals surface area contributed by atoms with Crippen molar-refractivity contribution in [2.24, 2.45) is 0 Å². The molecule has 21 heavy (non-hydrogen) atoms. The van der Waals surface area contributed by atoms with Gasteiger partial charge < -0.3 is 10.8 Å². The molecular formula is C15H10N2O4. The van der Waals surface area contributed by atoms with Crippen LogP contribution in [0.1, 0.15) is 31.1 Å². The molecular weight excluding hydrogens is 272 g/mol. The maximum atomic E-state index is 12.4. The molecule has 1 heterocycles. The normalized spacial score (nSPS) is 13.4. The molecule has 0 saturated carbocycles. The molecule has 0 radical (unpaired) electrons. The lowest BCUT2D eigenvalue weighted by Gasteiger charge is -2.16. The topological polar surface area (TPSA) is 101 Å². The Bertz CT molecular complexity index is 763. The summed E-state index contributed by atoms with van der Waals surface area (Å²) in [5.74, 6) is -2.34. The van der Waals surface area contributed by atoms with Gasteiger partial charge in [-0.2, -0.15) is 0 Å². The monoisotopic (exact) mass is 282 g/mol. The van der Waals surface area contributed by atoms with Crippen LogP contribution < -0.4 is 10.6 Å². The van der Waals surface area contributed by atoms with Crippen molar-refractivity contribution >= 4 is 29.2 Å². The second-order valence-corrected chi connectivity index (χ2v) is 4.57. The van der Waals surface area contributed by atoms with Crippen molar-refractivity contribution in [2.75, 3.05) is 10.6 Å². The highest BCUT2D eigenvalue weighted by atomic mass is 16.4. The molecule has 3 rings (SSSR count). The number of carboxylic acids is 1. The van der Waals surface area contributed by atoms with E-state index < -0.39 is 17.8 Å². The Balaban J connectivity index is 2.20. The minimum atomic E-state index is -1.23. The number of hydrogen-bond donors (Lipinski definition) is 2. The fraction of sp³-hybridized carbons (Fsp3) is 0. The maximum Gasteiger partial charge on any atom is 0.337 e. The number of nitrogens with two attached hydrogens (primary N) is 1. The van der Waals surface area contributed by atoms with E-state index in [0.717, 1.165) is 4.90 Å². The molecule has 0 unspecified atom stereocenters. The molecule has 0 saturated heterocycles. The Morgan fingerprint density at radius 3 is 2.10 bits per heavy atom. The first-order chi connectivity index (χ1) is 10.0. The van der Waals surface area contributed by atoms with E-state index in [1.807, 2.05) is 0 Å². The smallest absolute Gasteiger partial charge is 0.337 e. The number of anilines is 2. The number of nitrogen functional groups attached to an aromatic ring is 1. The SMILES string of the molecule is Nc1ccc(C(=O)O)c(N2C(=O)c3ccccc3C2=O)c1. The van der Waals surface area contributed by atoms with Crippen LogP contribution in [0.2, 0.25) is 0 Å². The summed E-state index contributed by atoms with van der Waals surface area (Å²) in [4.78, 5) is 36.9. The van der Waals surface area contributed by atoms with E-state index >= 15 is 0 Å². The molecule has 0 fully saturated rings. The summed E-state index contributed by atoms with van der Waals surface area (Å²) in [6, 6.07) is 10.3. The summed E-state index contributed by atoms with van der Waals surface area (Å²) in [5, 5.41) is 9.22. The molecule has 0 aliphatic carbocycles. The molecule has 2 amide bonds. The van der Waals surface area contributed by atoms with Gasteiger partial charge in [-0.1, -0.05) is 12.1 Å². The molecule has 6 heteroatoms. The number of carboxylic acid groups (broad SMARTS) is 1. The second-order valence-electron chi connectivity index (χ2n) is 4.57. The van der Waals surface area contributed by atoms with Gasteiger partial charge in [-0.15, -0.1) is 0 Å². The van der Waals surface area contributed by atoms with Gasteiger partial charge in [0.1, 0.15) is 0 Å². The maximum absolute atomic E-state index is 12.4. The molecule has 3 N–H and O–H groups in total. The van der Waals surface area contributed by atoms with Gasteiger partial charge in [-0.25, -0.2) is 9.69 Å². The van der Waals surface area contributed by atoms with Gasteiger partial charge in [0.2, 0.25) is 0 Å². The van der Waals surface area contributed by atoms with E-state index in [1.54, 1.807) is 12.1 Å². The number of imide groups is 1. The second kappa shape index (κ2) is 4.45. The van der Waals surface area contributed by atoms with Crippen molar-refractivity contribution in [3.8, 4) is 0 Å². The zero-order chi connectivity index (χ0) is 15.1. The van der Waals surface area contributed by atoms with Gasteiger partial charge in [0.25, 0.3) is 11.8 Å². The zero-order valence-corrected chi connectivity index (χ0v) is 10.7. The predicted molar refractivity (Wildman–Crippen MR) is 75.4 cm³/mol. The summed E-state index contributed by atoms with van der Waals surface area (Å²) in [7, 11) is 0. The molecule has 6 nitrogen and oxygen atoms in total. The molecule has 1 aliphatic heterocycles. The van der Waals surface area contributed by atoms with E-state index in [2.05, 4.69) is 0 Å². The summed E-state index contributed by atoms with van der Waals surface area (Å²) in [5.41, 5.74) is 6.25. The van der Waals surface area contributed by atoms with Gasteiger partial charge in [0.05, 0.1) is 22.4 Å². The van der Waals surface area contributed by atoms with Crippen molar-refractivity contribution in [1.82, 2.24) is 0 Å². The fourth-order valence-corrected chi connectivity index (χ4v) is 2.32. The van der Waals surface area contributed by atoms with Crippen molar-refractivity contribution < 1.29 is 19.5 Å². The molecule has 0 aromatic heterocycles. The highest BCUT2D eigenvalue weighted by molar-refractivity contribution is 6.35. The van der Waals surface area contributed by atoms with E-state index in [1.165, 1.54) is 30.3 Å². The van der Waals surface area contributed by atoms with Crippen LogP contribution in [-0.2, 0) is 0 Å². The quantitative estimate of drug-likeness (QED) is 0.645. The van der Waals surface area contributed by atoms with Gasteiger partial charge in [0.15, 0.2) is 0 Å². The third-order valence-electron chi connectivity index (χ3n) is 3.29. The lowest BCUT2D eigenvalue weighted by Crippen LogP contribution is -2.31. The predicted octanol–water partition coefficient (Wildman–Crippen LogP) is 1.77. The Morgan fingerprint density at radius 1 is 1.00 bits per heavy atom. The molecule has 1 aliphatic rings. The zero-order valence-electron chi connectivity index (χ0n) is 10.7. The minimum Gasteiger partial charge on any atom is -0.478 e. The number of fused-ring (bicyclic) bond motifs is 1. The number of rotatable bonds is 2. The largest absolute Gasteiger partial charge is 0.478 e. The van der Waals surface area contributed by atoms with Crippen LogP contribution in [0.25, 0.3) is 0 Å². The van der Waals surface area contributed by atoms with Crippen molar-refractivity contribution in [3.63, 3.8) is 0 Å². The van der Waals surface area contributed by atoms with E-state index in [0.29, 0.717) is 0 Å². The average Bonchev–Trinajstić information content (AvgIpc) is 2.71. The third kappa shape index (κ3) is 1.85. The standard InChI is InChI=1S/C15H10N2O4/c16-8-5-6-11(15(20)21)12(7-8)17-13(18)9-3-1-2-4-10(9)14(17)19/h1-7H,16H2,(H,20,21). The number of benzene rings is 2. The molecule has 2 aromatic rings. The highest BCUT2D eigenvalue weighted by Gasteiger charge is 2.38. The first-order valence-corrected chi connectivity index (χ1v) is 6.11. The Kier molecular flexibility index (Phi) is 2.72. The summed E-state index contributed by atoms with van der Waals surface area (Å²) in [6.07, 6.45) is 0. The Morgan fingerprint density at radius 2 is 1.57 bits per heavy atom. The summed E-state index contributed by atoms with van der Waals surface area (Å²) < 4.78 is 0. The first-order valence-electron chi connectivity index (χ1n) is 6.11. The van der Waals surface area contributed by atoms with Gasteiger partial charge in [0, 0.05) is 5.69 Å². The lowest BCUT2D eigenvalue weighted by molar-refractivity contribution is 0.0698. The molecule has 0 bridgehead atoms. The number of amides is 2. The molecule has 104 valence electrons. The van der Waals surface area contributed by atoms with Gasteiger partial charge in [-0.3, -0.25) is 9.59 Å². The average molecular weight is 282 g/mol. The van der Waals surface area contributed by atoms with E-state index in [4.69, 9.17) is 5.73 Å². The van der Waals surface area contributed by atoms with E-state index in [-0.39, 0.29) is 28.1 Å². The Labute approximate surface area is 119 Å². The lowest BCUT2D eigenvalue weighted by atomic mass is 10.1. The van der Waals surface area contributed by atoms with Crippen LogP contribution in [0.4, 0.5) is 11.4 Å². The van der Waals surface area contributed by atoms with Crippen LogP contribution >= 0.6 is 0 Å². The first kappa shape index (κ1) is 12.9. The van der Waals surface area contributed by atoms with Crippen LogP contribution in [-0.4, -0.2) is 22.9 Å². The van der Waals surface area contributed by atoms with Crippen molar-refractivity contribution in [1.29, 1.82) is 0 Å². The molecule has 2 aromatic carbocycles. The van der Waals surface area contributed by atoms with E-state index in [9.17, 15) is 19.5 Å². The third-order valence-corrected chi connectivity index (χ3v) is 3.29. The van der Waals surface area contributed by atoms with Crippen molar-refractivity contribution in [3.05, 3.63) is 59.2 Å². The highest BCUT2D eigenvalue weighted by Crippen LogP contribution is 2.32. The number of aromatic carboxylic acids is 1. The number of carbonyl (C=O) groups excluding carboxylic acids is 2. The van der Waals surface area contributed by atoms with Gasteiger partial charge in [-0.05, 0) is 30.3 Å². The van der Waals surface area contributed by atoms with Crippen molar-refractivity contribution in [2.45, 2.75) is 0 Å². The fourth-order valence-electron chi connectivity index (χ4n) is 2.32. The van der Waals surface area contributed by atoms with Crippen LogP contribution in [0.5, 0.6) is 0 Å².